The molecule has 0 aliphatic heterocycles. The Bertz CT molecular complexity index is 883. The molecule has 142 valence electrons. The molecule has 2 aromatic rings. The van der Waals surface area contributed by atoms with Crippen molar-refractivity contribution >= 4 is 32.7 Å². The molecule has 1 heterocycles. The SMILES string of the molecule is CC(C)(CO)[C@H](O)C(=O)NCCS(=O)(=O)Nc1ccc2ccccc2n1. The van der Waals surface area contributed by atoms with E-state index in [-0.39, 0.29) is 24.7 Å². The molecule has 1 aromatic carbocycles. The van der Waals surface area contributed by atoms with Crippen LogP contribution in [0.1, 0.15) is 13.8 Å². The van der Waals surface area contributed by atoms with Gasteiger partial charge in [0, 0.05) is 17.3 Å². The van der Waals surface area contributed by atoms with E-state index in [1.807, 2.05) is 18.2 Å². The Labute approximate surface area is 152 Å². The lowest BCUT2D eigenvalue weighted by Crippen LogP contribution is -2.46. The van der Waals surface area contributed by atoms with E-state index >= 15 is 0 Å². The van der Waals surface area contributed by atoms with Crippen LogP contribution in [0.2, 0.25) is 0 Å². The summed E-state index contributed by atoms with van der Waals surface area (Å²) in [6.45, 7) is 2.50. The van der Waals surface area contributed by atoms with Crippen LogP contribution < -0.4 is 10.0 Å². The molecule has 8 nitrogen and oxygen atoms in total. The second-order valence-corrected chi connectivity index (χ2v) is 8.49. The highest BCUT2D eigenvalue weighted by molar-refractivity contribution is 7.92. The second kappa shape index (κ2) is 7.98. The van der Waals surface area contributed by atoms with E-state index in [2.05, 4.69) is 15.0 Å². The third-order valence-corrected chi connectivity index (χ3v) is 5.19. The number of rotatable bonds is 8. The van der Waals surface area contributed by atoms with Gasteiger partial charge in [-0.25, -0.2) is 13.4 Å². The van der Waals surface area contributed by atoms with Gasteiger partial charge >= 0.3 is 0 Å². The van der Waals surface area contributed by atoms with Crippen LogP contribution in [-0.4, -0.2) is 54.5 Å². The van der Waals surface area contributed by atoms with Crippen LogP contribution in [0.15, 0.2) is 36.4 Å². The molecule has 4 N–H and O–H groups in total. The molecular formula is C17H23N3O5S. The lowest BCUT2D eigenvalue weighted by atomic mass is 9.87. The minimum absolute atomic E-state index is 0.180. The van der Waals surface area contributed by atoms with Crippen molar-refractivity contribution in [1.29, 1.82) is 0 Å². The summed E-state index contributed by atoms with van der Waals surface area (Å²) in [7, 11) is -3.72. The molecule has 0 unspecified atom stereocenters. The van der Waals surface area contributed by atoms with Crippen LogP contribution in [0, 0.1) is 5.41 Å². The van der Waals surface area contributed by atoms with Gasteiger partial charge in [0.1, 0.15) is 11.9 Å². The summed E-state index contributed by atoms with van der Waals surface area (Å²) in [5.41, 5.74) is -0.355. The van der Waals surface area contributed by atoms with Crippen LogP contribution in [0.5, 0.6) is 0 Å². The largest absolute Gasteiger partial charge is 0.396 e. The summed E-state index contributed by atoms with van der Waals surface area (Å²) in [5.74, 6) is -0.918. The number of sulfonamides is 1. The van der Waals surface area contributed by atoms with Gasteiger partial charge in [-0.2, -0.15) is 0 Å². The van der Waals surface area contributed by atoms with Gasteiger partial charge in [-0.1, -0.05) is 32.0 Å². The fraction of sp³-hybridized carbons (Fsp3) is 0.412. The second-order valence-electron chi connectivity index (χ2n) is 6.65. The van der Waals surface area contributed by atoms with Gasteiger partial charge in [-0.15, -0.1) is 0 Å². The Kier molecular flexibility index (Phi) is 6.17. The average molecular weight is 381 g/mol. The Morgan fingerprint density at radius 3 is 2.62 bits per heavy atom. The summed E-state index contributed by atoms with van der Waals surface area (Å²) < 4.78 is 26.6. The summed E-state index contributed by atoms with van der Waals surface area (Å²) in [4.78, 5) is 16.1. The normalized spacial score (nSPS) is 13.4. The number of nitrogens with zero attached hydrogens (tertiary/aromatic N) is 1. The fourth-order valence-corrected chi connectivity index (χ4v) is 3.09. The summed E-state index contributed by atoms with van der Waals surface area (Å²) in [6, 6.07) is 10.6. The average Bonchev–Trinajstić information content (AvgIpc) is 2.60. The Morgan fingerprint density at radius 1 is 1.23 bits per heavy atom. The zero-order valence-electron chi connectivity index (χ0n) is 14.6. The maximum Gasteiger partial charge on any atom is 0.249 e. The van der Waals surface area contributed by atoms with Crippen LogP contribution in [-0.2, 0) is 14.8 Å². The zero-order valence-corrected chi connectivity index (χ0v) is 15.5. The first-order valence-corrected chi connectivity index (χ1v) is 9.73. The van der Waals surface area contributed by atoms with E-state index in [9.17, 15) is 18.3 Å². The predicted octanol–water partition coefficient (Wildman–Crippen LogP) is 0.472. The number of carbonyl (C=O) groups excluding carboxylic acids is 1. The molecule has 2 rings (SSSR count). The molecule has 1 aromatic heterocycles. The number of benzene rings is 1. The molecule has 9 heteroatoms. The number of para-hydroxylation sites is 1. The Hall–Kier alpha value is -2.23. The van der Waals surface area contributed by atoms with Crippen molar-refractivity contribution in [3.05, 3.63) is 36.4 Å². The first-order chi connectivity index (χ1) is 12.1. The van der Waals surface area contributed by atoms with E-state index < -0.39 is 27.4 Å². The zero-order chi connectivity index (χ0) is 19.4. The summed E-state index contributed by atoms with van der Waals surface area (Å²) in [5, 5.41) is 22.3. The number of hydrogen-bond acceptors (Lipinski definition) is 6. The van der Waals surface area contributed by atoms with Gasteiger partial charge in [0.15, 0.2) is 0 Å². The standard InChI is InChI=1S/C17H23N3O5S/c1-17(2,11-21)15(22)16(23)18-9-10-26(24,25)20-14-8-7-12-5-3-4-6-13(12)19-14/h3-8,15,21-22H,9-11H2,1-2H3,(H,18,23)(H,19,20)/t15-/m1/s1. The topological polar surface area (TPSA) is 129 Å². The number of hydrogen-bond donors (Lipinski definition) is 4. The van der Waals surface area contributed by atoms with Gasteiger partial charge in [0.25, 0.3) is 0 Å². The molecule has 0 bridgehead atoms. The maximum absolute atomic E-state index is 12.1. The first kappa shape index (κ1) is 20.1. The van der Waals surface area contributed by atoms with Gasteiger partial charge in [0.2, 0.25) is 15.9 Å². The van der Waals surface area contributed by atoms with E-state index in [4.69, 9.17) is 5.11 Å². The summed E-state index contributed by atoms with van der Waals surface area (Å²) >= 11 is 0. The smallest absolute Gasteiger partial charge is 0.249 e. The highest BCUT2D eigenvalue weighted by Crippen LogP contribution is 2.19. The van der Waals surface area contributed by atoms with Gasteiger partial charge in [-0.3, -0.25) is 9.52 Å². The van der Waals surface area contributed by atoms with Crippen molar-refractivity contribution in [2.24, 2.45) is 5.41 Å². The number of carbonyl (C=O) groups is 1. The first-order valence-electron chi connectivity index (χ1n) is 8.07. The van der Waals surface area contributed by atoms with Crippen LogP contribution in [0.3, 0.4) is 0 Å². The molecule has 0 saturated carbocycles. The molecule has 0 spiro atoms. The van der Waals surface area contributed by atoms with E-state index in [0.29, 0.717) is 5.52 Å². The van der Waals surface area contributed by atoms with Crippen molar-refractivity contribution in [3.8, 4) is 0 Å². The molecule has 1 amide bonds. The highest BCUT2D eigenvalue weighted by atomic mass is 32.2. The number of pyridine rings is 1. The van der Waals surface area contributed by atoms with Crippen molar-refractivity contribution < 1.29 is 23.4 Å². The maximum atomic E-state index is 12.1. The minimum atomic E-state index is -3.72. The summed E-state index contributed by atoms with van der Waals surface area (Å²) in [6.07, 6.45) is -1.44. The predicted molar refractivity (Wildman–Crippen MR) is 99.0 cm³/mol. The number of amides is 1. The van der Waals surface area contributed by atoms with Gasteiger partial charge in [-0.05, 0) is 18.2 Å². The number of aromatic nitrogens is 1. The van der Waals surface area contributed by atoms with Crippen molar-refractivity contribution in [1.82, 2.24) is 10.3 Å². The molecule has 26 heavy (non-hydrogen) atoms. The molecule has 0 radical (unpaired) electrons. The minimum Gasteiger partial charge on any atom is -0.396 e. The van der Waals surface area contributed by atoms with E-state index in [0.717, 1.165) is 5.39 Å². The third kappa shape index (κ3) is 5.13. The highest BCUT2D eigenvalue weighted by Gasteiger charge is 2.32. The number of aliphatic hydroxyl groups is 2. The van der Waals surface area contributed by atoms with Crippen molar-refractivity contribution in [2.45, 2.75) is 20.0 Å². The molecular weight excluding hydrogens is 358 g/mol. The van der Waals surface area contributed by atoms with Crippen molar-refractivity contribution in [3.63, 3.8) is 0 Å². The quantitative estimate of drug-likeness (QED) is 0.526. The fourth-order valence-electron chi connectivity index (χ4n) is 2.18. The number of aliphatic hydroxyl groups excluding tert-OH is 2. The number of nitrogens with one attached hydrogen (secondary N) is 2. The Balaban J connectivity index is 1.93. The molecule has 0 saturated heterocycles. The van der Waals surface area contributed by atoms with Crippen molar-refractivity contribution in [2.75, 3.05) is 23.6 Å². The van der Waals surface area contributed by atoms with E-state index in [1.165, 1.54) is 13.8 Å². The van der Waals surface area contributed by atoms with E-state index in [1.54, 1.807) is 18.2 Å². The number of fused-ring (bicyclic) bond motifs is 1. The van der Waals surface area contributed by atoms with Crippen LogP contribution >= 0.6 is 0 Å². The monoisotopic (exact) mass is 381 g/mol. The van der Waals surface area contributed by atoms with Gasteiger partial charge < -0.3 is 15.5 Å². The van der Waals surface area contributed by atoms with Gasteiger partial charge in [0.05, 0.1) is 17.9 Å². The lowest BCUT2D eigenvalue weighted by Gasteiger charge is -2.27. The van der Waals surface area contributed by atoms with Crippen LogP contribution in [0.25, 0.3) is 10.9 Å². The molecule has 1 atom stereocenters. The molecule has 0 aliphatic carbocycles. The third-order valence-electron chi connectivity index (χ3n) is 3.92. The number of anilines is 1. The molecule has 0 fully saturated rings. The van der Waals surface area contributed by atoms with Crippen LogP contribution in [0.4, 0.5) is 5.82 Å². The lowest BCUT2D eigenvalue weighted by molar-refractivity contribution is -0.136. The molecule has 0 aliphatic rings. The Morgan fingerprint density at radius 2 is 1.92 bits per heavy atom.